The zero-order valence-electron chi connectivity index (χ0n) is 12.1. The van der Waals surface area contributed by atoms with Crippen molar-refractivity contribution in [3.8, 4) is 0 Å². The number of rotatable bonds is 3. The first-order valence-electron chi connectivity index (χ1n) is 7.12. The van der Waals surface area contributed by atoms with E-state index in [1.54, 1.807) is 12.1 Å². The lowest BCUT2D eigenvalue weighted by Crippen LogP contribution is -2.25. The Morgan fingerprint density at radius 2 is 1.90 bits per heavy atom. The van der Waals surface area contributed by atoms with Crippen LogP contribution in [0.5, 0.6) is 0 Å². The van der Waals surface area contributed by atoms with Gasteiger partial charge in [0, 0.05) is 11.6 Å². The summed E-state index contributed by atoms with van der Waals surface area (Å²) in [4.78, 5) is 23.9. The fourth-order valence-corrected chi connectivity index (χ4v) is 2.70. The summed E-state index contributed by atoms with van der Waals surface area (Å²) in [5, 5.41) is 2.95. The summed E-state index contributed by atoms with van der Waals surface area (Å²) in [6, 6.07) is 5.29. The molecule has 0 heterocycles. The number of amides is 1. The molecule has 0 aliphatic heterocycles. The predicted molar refractivity (Wildman–Crippen MR) is 77.7 cm³/mol. The van der Waals surface area contributed by atoms with Gasteiger partial charge in [-0.05, 0) is 37.5 Å². The maximum atomic E-state index is 12.2. The van der Waals surface area contributed by atoms with Crippen molar-refractivity contribution in [2.75, 3.05) is 12.4 Å². The van der Waals surface area contributed by atoms with E-state index in [1.165, 1.54) is 13.5 Å². The van der Waals surface area contributed by atoms with Crippen LogP contribution in [0.15, 0.2) is 18.2 Å². The second-order valence-corrected chi connectivity index (χ2v) is 5.29. The molecule has 4 heteroatoms. The van der Waals surface area contributed by atoms with Crippen LogP contribution in [-0.4, -0.2) is 19.0 Å². The maximum Gasteiger partial charge on any atom is 0.338 e. The summed E-state index contributed by atoms with van der Waals surface area (Å²) in [7, 11) is 1.36. The fourth-order valence-electron chi connectivity index (χ4n) is 2.70. The molecule has 0 unspecified atom stereocenters. The highest BCUT2D eigenvalue weighted by atomic mass is 16.5. The highest BCUT2D eigenvalue weighted by molar-refractivity contribution is 5.97. The van der Waals surface area contributed by atoms with E-state index in [2.05, 4.69) is 5.32 Å². The third-order valence-corrected chi connectivity index (χ3v) is 3.97. The van der Waals surface area contributed by atoms with E-state index in [4.69, 9.17) is 4.74 Å². The number of methoxy groups -OCH3 is 1. The lowest BCUT2D eigenvalue weighted by Gasteiger charge is -2.21. The molecule has 108 valence electrons. The van der Waals surface area contributed by atoms with Crippen molar-refractivity contribution in [3.05, 3.63) is 29.3 Å². The molecule has 4 nitrogen and oxygen atoms in total. The summed E-state index contributed by atoms with van der Waals surface area (Å²) in [6.45, 7) is 1.82. The Balaban J connectivity index is 2.12. The van der Waals surface area contributed by atoms with Crippen LogP contribution in [0.3, 0.4) is 0 Å². The first-order valence-corrected chi connectivity index (χ1v) is 7.12. The Bertz CT molecular complexity index is 504. The highest BCUT2D eigenvalue weighted by Gasteiger charge is 2.22. The van der Waals surface area contributed by atoms with Gasteiger partial charge in [0.2, 0.25) is 5.91 Å². The van der Waals surface area contributed by atoms with Crippen molar-refractivity contribution < 1.29 is 14.3 Å². The zero-order valence-corrected chi connectivity index (χ0v) is 12.1. The molecule has 1 fully saturated rings. The van der Waals surface area contributed by atoms with Crippen molar-refractivity contribution in [1.82, 2.24) is 0 Å². The minimum absolute atomic E-state index is 0.0646. The molecule has 0 atom stereocenters. The second kappa shape index (κ2) is 6.55. The van der Waals surface area contributed by atoms with Gasteiger partial charge in [0.05, 0.1) is 12.7 Å². The SMILES string of the molecule is COC(=O)c1cccc(NC(=O)C2CCCCC2)c1C. The smallest absolute Gasteiger partial charge is 0.338 e. The molecule has 0 radical (unpaired) electrons. The number of carbonyl (C=O) groups excluding carboxylic acids is 2. The van der Waals surface area contributed by atoms with Crippen molar-refractivity contribution in [3.63, 3.8) is 0 Å². The molecule has 1 saturated carbocycles. The van der Waals surface area contributed by atoms with Crippen LogP contribution in [-0.2, 0) is 9.53 Å². The predicted octanol–water partition coefficient (Wildman–Crippen LogP) is 3.30. The Hall–Kier alpha value is -1.84. The Kier molecular flexibility index (Phi) is 4.77. The number of anilines is 1. The van der Waals surface area contributed by atoms with Crippen LogP contribution in [0.25, 0.3) is 0 Å². The topological polar surface area (TPSA) is 55.4 Å². The summed E-state index contributed by atoms with van der Waals surface area (Å²) in [5.41, 5.74) is 1.95. The molecule has 0 aromatic heterocycles. The normalized spacial score (nSPS) is 15.7. The van der Waals surface area contributed by atoms with Crippen molar-refractivity contribution in [2.24, 2.45) is 5.92 Å². The molecule has 1 aliphatic carbocycles. The van der Waals surface area contributed by atoms with Gasteiger partial charge in [-0.3, -0.25) is 4.79 Å². The number of hydrogen-bond donors (Lipinski definition) is 1. The Morgan fingerprint density at radius 3 is 2.55 bits per heavy atom. The van der Waals surface area contributed by atoms with Crippen molar-refractivity contribution in [1.29, 1.82) is 0 Å². The molecule has 0 spiro atoms. The van der Waals surface area contributed by atoms with E-state index in [-0.39, 0.29) is 17.8 Å². The average molecular weight is 275 g/mol. The fraction of sp³-hybridized carbons (Fsp3) is 0.500. The first kappa shape index (κ1) is 14.6. The molecule has 0 bridgehead atoms. The third-order valence-electron chi connectivity index (χ3n) is 3.97. The van der Waals surface area contributed by atoms with Gasteiger partial charge < -0.3 is 10.1 Å². The van der Waals surface area contributed by atoms with Gasteiger partial charge in [0.1, 0.15) is 0 Å². The van der Waals surface area contributed by atoms with E-state index in [0.717, 1.165) is 31.2 Å². The van der Waals surface area contributed by atoms with Gasteiger partial charge in [-0.2, -0.15) is 0 Å². The molecule has 1 aliphatic rings. The lowest BCUT2D eigenvalue weighted by molar-refractivity contribution is -0.120. The number of esters is 1. The monoisotopic (exact) mass is 275 g/mol. The van der Waals surface area contributed by atoms with E-state index in [9.17, 15) is 9.59 Å². The number of carbonyl (C=O) groups is 2. The maximum absolute atomic E-state index is 12.2. The minimum atomic E-state index is -0.378. The van der Waals surface area contributed by atoms with Crippen LogP contribution in [0.1, 0.15) is 48.0 Å². The summed E-state index contributed by atoms with van der Waals surface area (Å²) >= 11 is 0. The summed E-state index contributed by atoms with van der Waals surface area (Å²) < 4.78 is 4.74. The highest BCUT2D eigenvalue weighted by Crippen LogP contribution is 2.26. The Labute approximate surface area is 119 Å². The van der Waals surface area contributed by atoms with Crippen molar-refractivity contribution >= 4 is 17.6 Å². The average Bonchev–Trinajstić information content (AvgIpc) is 2.49. The number of benzene rings is 1. The van der Waals surface area contributed by atoms with Gasteiger partial charge in [-0.1, -0.05) is 25.3 Å². The van der Waals surface area contributed by atoms with Crippen LogP contribution >= 0.6 is 0 Å². The number of ether oxygens (including phenoxy) is 1. The summed E-state index contributed by atoms with van der Waals surface area (Å²) in [6.07, 6.45) is 5.39. The minimum Gasteiger partial charge on any atom is -0.465 e. The van der Waals surface area contributed by atoms with Crippen molar-refractivity contribution in [2.45, 2.75) is 39.0 Å². The van der Waals surface area contributed by atoms with Crippen LogP contribution in [0.4, 0.5) is 5.69 Å². The second-order valence-electron chi connectivity index (χ2n) is 5.29. The Morgan fingerprint density at radius 1 is 1.20 bits per heavy atom. The standard InChI is InChI=1S/C16H21NO3/c1-11-13(16(19)20-2)9-6-10-14(11)17-15(18)12-7-4-3-5-8-12/h6,9-10,12H,3-5,7-8H2,1-2H3,(H,17,18). The van der Waals surface area contributed by atoms with Crippen LogP contribution in [0, 0.1) is 12.8 Å². The lowest BCUT2D eigenvalue weighted by atomic mass is 9.88. The van der Waals surface area contributed by atoms with E-state index in [0.29, 0.717) is 11.3 Å². The van der Waals surface area contributed by atoms with Gasteiger partial charge in [0.15, 0.2) is 0 Å². The molecule has 1 aromatic carbocycles. The number of nitrogens with one attached hydrogen (secondary N) is 1. The molecule has 0 saturated heterocycles. The first-order chi connectivity index (χ1) is 9.63. The molecule has 20 heavy (non-hydrogen) atoms. The van der Waals surface area contributed by atoms with E-state index in [1.807, 2.05) is 13.0 Å². The summed E-state index contributed by atoms with van der Waals surface area (Å²) in [5.74, 6) is -0.212. The quantitative estimate of drug-likeness (QED) is 0.861. The van der Waals surface area contributed by atoms with Gasteiger partial charge in [-0.25, -0.2) is 4.79 Å². The third kappa shape index (κ3) is 3.18. The molecular formula is C16H21NO3. The van der Waals surface area contributed by atoms with Gasteiger partial charge >= 0.3 is 5.97 Å². The van der Waals surface area contributed by atoms with E-state index >= 15 is 0 Å². The largest absolute Gasteiger partial charge is 0.465 e. The van der Waals surface area contributed by atoms with E-state index < -0.39 is 0 Å². The molecule has 1 amide bonds. The molecule has 2 rings (SSSR count). The van der Waals surface area contributed by atoms with Gasteiger partial charge in [0.25, 0.3) is 0 Å². The molecule has 1 N–H and O–H groups in total. The van der Waals surface area contributed by atoms with Crippen LogP contribution in [0.2, 0.25) is 0 Å². The van der Waals surface area contributed by atoms with Gasteiger partial charge in [-0.15, -0.1) is 0 Å². The molecular weight excluding hydrogens is 254 g/mol. The molecule has 1 aromatic rings. The number of hydrogen-bond acceptors (Lipinski definition) is 3. The zero-order chi connectivity index (χ0) is 14.5. The van der Waals surface area contributed by atoms with Crippen LogP contribution < -0.4 is 5.32 Å².